The van der Waals surface area contributed by atoms with E-state index < -0.39 is 66.4 Å². The Bertz CT molecular complexity index is 866. The maximum absolute atomic E-state index is 12.9. The fraction of sp³-hybridized carbons (Fsp3) is 0.600. The number of rotatable bonds is 16. The number of carbonyl (C=O) groups excluding carboxylic acids is 3. The summed E-state index contributed by atoms with van der Waals surface area (Å²) in [7, 11) is 0. The lowest BCUT2D eigenvalue weighted by molar-refractivity contribution is -0.145. The number of hydrogen-bond donors (Lipinski definition) is 8. The highest BCUT2D eigenvalue weighted by Gasteiger charge is 2.32. The number of aliphatic hydroxyl groups excluding tert-OH is 1. The maximum Gasteiger partial charge on any atom is 0.328 e. The molecule has 3 amide bonds. The number of nitrogens with zero attached hydrogens (tertiary/aromatic N) is 1. The molecule has 0 saturated heterocycles. The Morgan fingerprint density at radius 2 is 1.66 bits per heavy atom. The average molecular weight is 517 g/mol. The first kappa shape index (κ1) is 29.9. The second-order valence-electron chi connectivity index (χ2n) is 7.79. The molecule has 1 rings (SSSR count). The Morgan fingerprint density at radius 1 is 1.06 bits per heavy atom. The van der Waals surface area contributed by atoms with Gasteiger partial charge in [-0.05, 0) is 31.8 Å². The third kappa shape index (κ3) is 10.7. The molecule has 15 heteroatoms. The fourth-order valence-electron chi connectivity index (χ4n) is 2.96. The zero-order valence-electron chi connectivity index (χ0n) is 19.4. The van der Waals surface area contributed by atoms with Crippen LogP contribution in [0.15, 0.2) is 12.5 Å². The van der Waals surface area contributed by atoms with Gasteiger partial charge in [-0.3, -0.25) is 19.2 Å². The number of aromatic nitrogens is 2. The van der Waals surface area contributed by atoms with Gasteiger partial charge in [-0.2, -0.15) is 11.8 Å². The van der Waals surface area contributed by atoms with Crippen molar-refractivity contribution in [1.82, 2.24) is 25.9 Å². The molecule has 0 aliphatic carbocycles. The molecule has 0 aliphatic heterocycles. The molecular weight excluding hydrogens is 484 g/mol. The van der Waals surface area contributed by atoms with Crippen LogP contribution in [0.1, 0.15) is 31.9 Å². The van der Waals surface area contributed by atoms with E-state index in [0.29, 0.717) is 11.4 Å². The van der Waals surface area contributed by atoms with Crippen LogP contribution in [0.5, 0.6) is 0 Å². The lowest BCUT2D eigenvalue weighted by atomic mass is 10.1. The summed E-state index contributed by atoms with van der Waals surface area (Å²) in [6, 6.07) is -5.17. The number of thioether (sulfide) groups is 1. The van der Waals surface area contributed by atoms with E-state index in [2.05, 4.69) is 25.9 Å². The zero-order chi connectivity index (χ0) is 26.5. The number of H-pyrrole nitrogens is 1. The molecule has 1 aromatic heterocycles. The van der Waals surface area contributed by atoms with Gasteiger partial charge in [0.25, 0.3) is 0 Å². The van der Waals surface area contributed by atoms with Crippen molar-refractivity contribution >= 4 is 41.4 Å². The van der Waals surface area contributed by atoms with Gasteiger partial charge in [0.2, 0.25) is 17.7 Å². The van der Waals surface area contributed by atoms with Crippen LogP contribution in [-0.2, 0) is 30.4 Å². The SMILES string of the molecule is CSCCC(NC(=O)C(CCC(=O)O)NC(=O)C(N)Cc1cnc[nH]1)C(=O)NC(C(=O)O)C(C)O. The van der Waals surface area contributed by atoms with Gasteiger partial charge in [-0.1, -0.05) is 0 Å². The number of carbonyl (C=O) groups is 5. The van der Waals surface area contributed by atoms with E-state index in [9.17, 15) is 34.2 Å². The van der Waals surface area contributed by atoms with E-state index in [1.807, 2.05) is 0 Å². The minimum atomic E-state index is -1.60. The highest BCUT2D eigenvalue weighted by atomic mass is 32.2. The van der Waals surface area contributed by atoms with Crippen molar-refractivity contribution in [3.05, 3.63) is 18.2 Å². The Hall–Kier alpha value is -3.17. The van der Waals surface area contributed by atoms with E-state index in [1.165, 1.54) is 31.2 Å². The molecule has 0 bridgehead atoms. The quantitative estimate of drug-likeness (QED) is 0.117. The molecule has 0 radical (unpaired) electrons. The number of amides is 3. The van der Waals surface area contributed by atoms with Gasteiger partial charge in [0.1, 0.15) is 12.1 Å². The van der Waals surface area contributed by atoms with Crippen LogP contribution in [0.2, 0.25) is 0 Å². The third-order valence-electron chi connectivity index (χ3n) is 4.90. The van der Waals surface area contributed by atoms with Crippen molar-refractivity contribution < 1.29 is 39.3 Å². The second kappa shape index (κ2) is 15.0. The molecule has 0 fully saturated rings. The first-order chi connectivity index (χ1) is 16.5. The first-order valence-electron chi connectivity index (χ1n) is 10.7. The molecule has 35 heavy (non-hydrogen) atoms. The zero-order valence-corrected chi connectivity index (χ0v) is 20.2. The number of aliphatic hydroxyl groups is 1. The van der Waals surface area contributed by atoms with Crippen LogP contribution in [0.4, 0.5) is 0 Å². The number of aliphatic carboxylic acids is 2. The molecular formula is C20H32N6O8S. The lowest BCUT2D eigenvalue weighted by Crippen LogP contribution is -2.58. The number of nitrogens with one attached hydrogen (secondary N) is 4. The van der Waals surface area contributed by atoms with Crippen LogP contribution in [-0.4, -0.2) is 97.2 Å². The molecule has 5 atom stereocenters. The van der Waals surface area contributed by atoms with Crippen LogP contribution >= 0.6 is 11.8 Å². The smallest absolute Gasteiger partial charge is 0.328 e. The Balaban J connectivity index is 2.95. The topological polar surface area (TPSA) is 237 Å². The summed E-state index contributed by atoms with van der Waals surface area (Å²) >= 11 is 1.38. The van der Waals surface area contributed by atoms with Crippen LogP contribution < -0.4 is 21.7 Å². The lowest BCUT2D eigenvalue weighted by Gasteiger charge is -2.25. The Labute approximate surface area is 205 Å². The predicted octanol–water partition coefficient (Wildman–Crippen LogP) is -2.18. The van der Waals surface area contributed by atoms with E-state index in [-0.39, 0.29) is 19.3 Å². The monoisotopic (exact) mass is 516 g/mol. The highest BCUT2D eigenvalue weighted by molar-refractivity contribution is 7.98. The molecule has 14 nitrogen and oxygen atoms in total. The number of imidazole rings is 1. The minimum absolute atomic E-state index is 0.0910. The largest absolute Gasteiger partial charge is 0.481 e. The van der Waals surface area contributed by atoms with Gasteiger partial charge in [0.05, 0.1) is 18.5 Å². The molecule has 0 aliphatic rings. The number of carboxylic acids is 2. The van der Waals surface area contributed by atoms with Crippen molar-refractivity contribution in [3.8, 4) is 0 Å². The van der Waals surface area contributed by atoms with E-state index in [4.69, 9.17) is 10.8 Å². The molecule has 9 N–H and O–H groups in total. The molecule has 1 heterocycles. The van der Waals surface area contributed by atoms with Crippen molar-refractivity contribution in [1.29, 1.82) is 0 Å². The molecule has 0 saturated carbocycles. The molecule has 5 unspecified atom stereocenters. The molecule has 1 aromatic rings. The van der Waals surface area contributed by atoms with E-state index in [1.54, 1.807) is 6.26 Å². The summed E-state index contributed by atoms with van der Waals surface area (Å²) < 4.78 is 0. The van der Waals surface area contributed by atoms with E-state index >= 15 is 0 Å². The second-order valence-corrected chi connectivity index (χ2v) is 8.77. The van der Waals surface area contributed by atoms with Gasteiger partial charge in [0.15, 0.2) is 6.04 Å². The number of aromatic amines is 1. The molecule has 0 aromatic carbocycles. The summed E-state index contributed by atoms with van der Waals surface area (Å²) in [6.07, 6.45) is 2.75. The van der Waals surface area contributed by atoms with Crippen LogP contribution in [0.3, 0.4) is 0 Å². The fourth-order valence-corrected chi connectivity index (χ4v) is 3.43. The van der Waals surface area contributed by atoms with Gasteiger partial charge < -0.3 is 42.0 Å². The first-order valence-corrected chi connectivity index (χ1v) is 12.1. The molecule has 196 valence electrons. The van der Waals surface area contributed by atoms with E-state index in [0.717, 1.165) is 0 Å². The summed E-state index contributed by atoms with van der Waals surface area (Å²) in [4.78, 5) is 67.1. The van der Waals surface area contributed by atoms with Crippen LogP contribution in [0.25, 0.3) is 0 Å². The van der Waals surface area contributed by atoms with Gasteiger partial charge in [-0.25, -0.2) is 9.78 Å². The predicted molar refractivity (Wildman–Crippen MR) is 125 cm³/mol. The maximum atomic E-state index is 12.9. The van der Waals surface area contributed by atoms with Gasteiger partial charge in [-0.15, -0.1) is 0 Å². The summed E-state index contributed by atoms with van der Waals surface area (Å²) in [5.41, 5.74) is 6.47. The average Bonchev–Trinajstić information content (AvgIpc) is 3.29. The minimum Gasteiger partial charge on any atom is -0.481 e. The summed E-state index contributed by atoms with van der Waals surface area (Å²) in [6.45, 7) is 1.19. The van der Waals surface area contributed by atoms with Gasteiger partial charge >= 0.3 is 11.9 Å². The van der Waals surface area contributed by atoms with Crippen molar-refractivity contribution in [3.63, 3.8) is 0 Å². The number of hydrogen-bond acceptors (Lipinski definition) is 9. The van der Waals surface area contributed by atoms with Crippen molar-refractivity contribution in [2.24, 2.45) is 5.73 Å². The number of carboxylic acid groups (broad SMARTS) is 2. The standard InChI is InChI=1S/C20H32N6O8S/c1-10(27)16(20(33)34)26-19(32)14(5-6-35-2)25-18(31)13(3-4-15(28)29)24-17(30)12(21)7-11-8-22-9-23-11/h8-10,12-14,16,27H,3-7,21H2,1-2H3,(H,22,23)(H,24,30)(H,25,31)(H,26,32)(H,28,29)(H,33,34). The molecule has 0 spiro atoms. The van der Waals surface area contributed by atoms with Crippen molar-refractivity contribution in [2.75, 3.05) is 12.0 Å². The summed E-state index contributed by atoms with van der Waals surface area (Å²) in [5, 5.41) is 34.9. The summed E-state index contributed by atoms with van der Waals surface area (Å²) in [5.74, 6) is -4.63. The third-order valence-corrected chi connectivity index (χ3v) is 5.55. The number of nitrogens with two attached hydrogens (primary N) is 1. The van der Waals surface area contributed by atoms with Gasteiger partial charge in [0, 0.05) is 24.7 Å². The highest BCUT2D eigenvalue weighted by Crippen LogP contribution is 2.06. The normalized spacial score (nSPS) is 15.2. The van der Waals surface area contributed by atoms with Crippen LogP contribution in [0, 0.1) is 0 Å². The Kier molecular flexibility index (Phi) is 12.8. The Morgan fingerprint density at radius 3 is 2.17 bits per heavy atom. The van der Waals surface area contributed by atoms with Crippen molar-refractivity contribution in [2.45, 2.75) is 62.9 Å².